The number of benzene rings is 1. The van der Waals surface area contributed by atoms with E-state index in [0.717, 1.165) is 5.69 Å². The van der Waals surface area contributed by atoms with Crippen molar-refractivity contribution in [3.05, 3.63) is 59.5 Å². The predicted octanol–water partition coefficient (Wildman–Crippen LogP) is 2.55. The second-order valence-electron chi connectivity index (χ2n) is 5.44. The quantitative estimate of drug-likeness (QED) is 0.724. The fourth-order valence-electron chi connectivity index (χ4n) is 2.31. The third kappa shape index (κ3) is 4.76. The molecule has 0 aliphatic heterocycles. The van der Waals surface area contributed by atoms with E-state index in [2.05, 4.69) is 30.6 Å². The maximum atomic E-state index is 12.3. The third-order valence-corrected chi connectivity index (χ3v) is 3.37. The van der Waals surface area contributed by atoms with E-state index in [1.54, 1.807) is 12.1 Å². The van der Waals surface area contributed by atoms with Crippen LogP contribution in [0.5, 0.6) is 5.75 Å². The molecule has 1 aromatic carbocycles. The molecule has 2 heterocycles. The van der Waals surface area contributed by atoms with Crippen LogP contribution in [0.2, 0.25) is 0 Å². The first-order chi connectivity index (χ1) is 12.4. The summed E-state index contributed by atoms with van der Waals surface area (Å²) in [5.41, 5.74) is 1.47. The van der Waals surface area contributed by atoms with Crippen LogP contribution in [-0.2, 0) is 13.1 Å². The third-order valence-electron chi connectivity index (χ3n) is 3.37. The molecule has 0 amide bonds. The van der Waals surface area contributed by atoms with Gasteiger partial charge in [0.15, 0.2) is 11.6 Å². The molecular weight excluding hydrogens is 349 g/mol. The van der Waals surface area contributed by atoms with Crippen LogP contribution in [0.3, 0.4) is 0 Å². The van der Waals surface area contributed by atoms with Crippen molar-refractivity contribution in [1.29, 1.82) is 0 Å². The van der Waals surface area contributed by atoms with Gasteiger partial charge in [0.25, 0.3) is 0 Å². The van der Waals surface area contributed by atoms with Crippen LogP contribution >= 0.6 is 0 Å². The molecule has 0 aliphatic carbocycles. The minimum atomic E-state index is -4.71. The molecule has 0 bridgehead atoms. The summed E-state index contributed by atoms with van der Waals surface area (Å²) in [6, 6.07) is 11.3. The number of halogens is 3. The van der Waals surface area contributed by atoms with Crippen LogP contribution in [0, 0.1) is 6.92 Å². The fourth-order valence-corrected chi connectivity index (χ4v) is 2.31. The lowest BCUT2D eigenvalue weighted by atomic mass is 10.2. The molecule has 3 rings (SSSR count). The Hall–Kier alpha value is -3.01. The molecule has 0 aliphatic rings. The van der Waals surface area contributed by atoms with E-state index in [4.69, 9.17) is 0 Å². The van der Waals surface area contributed by atoms with Crippen LogP contribution in [0.4, 0.5) is 13.2 Å². The molecule has 0 atom stereocenters. The molecule has 136 valence electrons. The van der Waals surface area contributed by atoms with Crippen molar-refractivity contribution in [3.63, 3.8) is 0 Å². The number of aryl methyl sites for hydroxylation is 1. The van der Waals surface area contributed by atoms with E-state index in [0.29, 0.717) is 30.3 Å². The van der Waals surface area contributed by atoms with Crippen molar-refractivity contribution in [2.75, 3.05) is 0 Å². The highest BCUT2D eigenvalue weighted by Gasteiger charge is 2.31. The zero-order valence-electron chi connectivity index (χ0n) is 13.7. The Bertz CT molecular complexity index is 880. The molecule has 0 saturated heterocycles. The zero-order chi connectivity index (χ0) is 18.6. The van der Waals surface area contributed by atoms with Gasteiger partial charge in [0.05, 0.1) is 6.54 Å². The smallest absolute Gasteiger partial charge is 0.406 e. The Morgan fingerprint density at radius 3 is 2.69 bits per heavy atom. The van der Waals surface area contributed by atoms with Gasteiger partial charge in [0, 0.05) is 12.2 Å². The number of aromatic nitrogens is 5. The lowest BCUT2D eigenvalue weighted by Crippen LogP contribution is -2.18. The highest BCUT2D eigenvalue weighted by molar-refractivity contribution is 5.28. The van der Waals surface area contributed by atoms with Gasteiger partial charge < -0.3 is 10.1 Å². The van der Waals surface area contributed by atoms with Gasteiger partial charge in [-0.25, -0.2) is 4.98 Å². The van der Waals surface area contributed by atoms with Gasteiger partial charge >= 0.3 is 6.36 Å². The SMILES string of the molecule is Cc1cccc(-n2nnnc2CNCc2cccc(OC(F)(F)F)c2)n1. The largest absolute Gasteiger partial charge is 0.573 e. The second-order valence-corrected chi connectivity index (χ2v) is 5.44. The fraction of sp³-hybridized carbons (Fsp3) is 0.250. The molecule has 0 radical (unpaired) electrons. The minimum Gasteiger partial charge on any atom is -0.406 e. The van der Waals surface area contributed by atoms with E-state index < -0.39 is 6.36 Å². The summed E-state index contributed by atoms with van der Waals surface area (Å²) < 4.78 is 42.2. The molecule has 7 nitrogen and oxygen atoms in total. The van der Waals surface area contributed by atoms with Crippen LogP contribution < -0.4 is 10.1 Å². The Kier molecular flexibility index (Phi) is 5.12. The first-order valence-corrected chi connectivity index (χ1v) is 7.67. The summed E-state index contributed by atoms with van der Waals surface area (Å²) in [4.78, 5) is 4.36. The summed E-state index contributed by atoms with van der Waals surface area (Å²) >= 11 is 0. The molecule has 26 heavy (non-hydrogen) atoms. The van der Waals surface area contributed by atoms with Crippen molar-refractivity contribution < 1.29 is 17.9 Å². The van der Waals surface area contributed by atoms with E-state index >= 15 is 0 Å². The number of tetrazole rings is 1. The molecule has 1 N–H and O–H groups in total. The number of nitrogens with zero attached hydrogens (tertiary/aromatic N) is 5. The molecule has 0 unspecified atom stereocenters. The van der Waals surface area contributed by atoms with E-state index in [1.165, 1.54) is 22.9 Å². The van der Waals surface area contributed by atoms with Crippen LogP contribution in [0.25, 0.3) is 5.82 Å². The number of hydrogen-bond donors (Lipinski definition) is 1. The molecule has 0 spiro atoms. The first kappa shape index (κ1) is 17.8. The van der Waals surface area contributed by atoms with Gasteiger partial charge in [-0.1, -0.05) is 18.2 Å². The van der Waals surface area contributed by atoms with E-state index in [1.807, 2.05) is 19.1 Å². The van der Waals surface area contributed by atoms with Gasteiger partial charge in [0.1, 0.15) is 5.75 Å². The van der Waals surface area contributed by atoms with Crippen molar-refractivity contribution in [2.45, 2.75) is 26.4 Å². The summed E-state index contributed by atoms with van der Waals surface area (Å²) in [6.45, 7) is 2.50. The Labute approximate surface area is 146 Å². The average molecular weight is 364 g/mol. The number of alkyl halides is 3. The molecule has 3 aromatic rings. The number of ether oxygens (including phenoxy) is 1. The van der Waals surface area contributed by atoms with Crippen molar-refractivity contribution in [1.82, 2.24) is 30.5 Å². The van der Waals surface area contributed by atoms with Crippen LogP contribution in [0.15, 0.2) is 42.5 Å². The molecule has 0 saturated carbocycles. The van der Waals surface area contributed by atoms with Gasteiger partial charge in [-0.05, 0) is 47.2 Å². The Morgan fingerprint density at radius 1 is 1.12 bits per heavy atom. The van der Waals surface area contributed by atoms with Gasteiger partial charge in [-0.3, -0.25) is 0 Å². The van der Waals surface area contributed by atoms with E-state index in [-0.39, 0.29) is 5.75 Å². The lowest BCUT2D eigenvalue weighted by Gasteiger charge is -2.10. The van der Waals surface area contributed by atoms with Gasteiger partial charge in [-0.2, -0.15) is 4.68 Å². The van der Waals surface area contributed by atoms with Crippen molar-refractivity contribution >= 4 is 0 Å². The number of pyridine rings is 1. The van der Waals surface area contributed by atoms with E-state index in [9.17, 15) is 13.2 Å². The average Bonchev–Trinajstić information content (AvgIpc) is 3.02. The normalized spacial score (nSPS) is 11.5. The molecule has 10 heteroatoms. The summed E-state index contributed by atoms with van der Waals surface area (Å²) in [5, 5.41) is 14.6. The maximum absolute atomic E-state index is 12.3. The highest BCUT2D eigenvalue weighted by Crippen LogP contribution is 2.23. The first-order valence-electron chi connectivity index (χ1n) is 7.67. The zero-order valence-corrected chi connectivity index (χ0v) is 13.7. The monoisotopic (exact) mass is 364 g/mol. The summed E-state index contributed by atoms with van der Waals surface area (Å²) in [5.74, 6) is 0.865. The van der Waals surface area contributed by atoms with Gasteiger partial charge in [0.2, 0.25) is 0 Å². The topological polar surface area (TPSA) is 77.8 Å². The second kappa shape index (κ2) is 7.48. The number of rotatable bonds is 6. The molecule has 2 aromatic heterocycles. The lowest BCUT2D eigenvalue weighted by molar-refractivity contribution is -0.274. The summed E-state index contributed by atoms with van der Waals surface area (Å²) in [6.07, 6.45) is -4.71. The van der Waals surface area contributed by atoms with Crippen LogP contribution in [-0.4, -0.2) is 31.6 Å². The Morgan fingerprint density at radius 2 is 1.92 bits per heavy atom. The Balaban J connectivity index is 1.63. The minimum absolute atomic E-state index is 0.259. The standard InChI is InChI=1S/C16H15F3N6O/c1-11-4-2-7-14(21-11)25-15(22-23-24-25)10-20-9-12-5-3-6-13(8-12)26-16(17,18)19/h2-8,20H,9-10H2,1H3. The molecule has 0 fully saturated rings. The number of nitrogens with one attached hydrogen (secondary N) is 1. The predicted molar refractivity (Wildman–Crippen MR) is 85.4 cm³/mol. The van der Waals surface area contributed by atoms with Crippen LogP contribution in [0.1, 0.15) is 17.1 Å². The summed E-state index contributed by atoms with van der Waals surface area (Å²) in [7, 11) is 0. The van der Waals surface area contributed by atoms with Crippen molar-refractivity contribution in [3.8, 4) is 11.6 Å². The molecular formula is C16H15F3N6O. The van der Waals surface area contributed by atoms with Gasteiger partial charge in [-0.15, -0.1) is 18.3 Å². The highest BCUT2D eigenvalue weighted by atomic mass is 19.4. The van der Waals surface area contributed by atoms with Crippen molar-refractivity contribution in [2.24, 2.45) is 0 Å². The number of hydrogen-bond acceptors (Lipinski definition) is 6. The maximum Gasteiger partial charge on any atom is 0.573 e.